The van der Waals surface area contributed by atoms with E-state index in [2.05, 4.69) is 57.4 Å². The number of hydrogen-bond acceptors (Lipinski definition) is 3. The third-order valence-electron chi connectivity index (χ3n) is 4.61. The van der Waals surface area contributed by atoms with Crippen LogP contribution in [0.25, 0.3) is 6.08 Å². The fourth-order valence-corrected chi connectivity index (χ4v) is 5.13. The van der Waals surface area contributed by atoms with Crippen molar-refractivity contribution >= 4 is 74.5 Å². The second-order valence-electron chi connectivity index (χ2n) is 6.90. The highest BCUT2D eigenvalue weighted by molar-refractivity contribution is 14.1. The molecule has 0 aliphatic carbocycles. The number of benzene rings is 3. The molecule has 0 saturated heterocycles. The summed E-state index contributed by atoms with van der Waals surface area (Å²) in [5.74, 6) is 0.321. The normalized spacial score (nSPS) is 11.0. The zero-order valence-electron chi connectivity index (χ0n) is 17.2. The molecule has 0 unspecified atom stereocenters. The van der Waals surface area contributed by atoms with Gasteiger partial charge in [0.2, 0.25) is 0 Å². The summed E-state index contributed by atoms with van der Waals surface area (Å²) in [6.07, 6.45) is 2.51. The summed E-state index contributed by atoms with van der Waals surface area (Å²) >= 11 is 10.3. The van der Waals surface area contributed by atoms with Crippen molar-refractivity contribution in [2.45, 2.75) is 20.0 Å². The monoisotopic (exact) mass is 668 g/mol. The average molecular weight is 669 g/mol. The van der Waals surface area contributed by atoms with Gasteiger partial charge in [-0.15, -0.1) is 0 Å². The number of rotatable bonds is 7. The van der Waals surface area contributed by atoms with E-state index >= 15 is 0 Å². The van der Waals surface area contributed by atoms with Crippen LogP contribution in [0.1, 0.15) is 23.6 Å². The van der Waals surface area contributed by atoms with Crippen LogP contribution in [-0.2, 0) is 17.8 Å². The van der Waals surface area contributed by atoms with Crippen molar-refractivity contribution in [2.75, 3.05) is 5.32 Å². The first-order valence-electron chi connectivity index (χ1n) is 9.78. The second kappa shape index (κ2) is 11.7. The summed E-state index contributed by atoms with van der Waals surface area (Å²) in [7, 11) is 0. The standard InChI is InChI=1S/C25H19ClI2N2O2/c1-2-16-5-9-21(10-6-16)30-25(31)19(14-29)11-18-12-22(27)24(23(28)13-18)32-15-17-3-7-20(26)8-4-17/h3-13H,2,15H2,1H3,(H,30,31)/b19-11+. The molecule has 0 radical (unpaired) electrons. The molecule has 0 aromatic heterocycles. The average Bonchev–Trinajstić information content (AvgIpc) is 2.78. The molecule has 3 aromatic rings. The first-order valence-corrected chi connectivity index (χ1v) is 12.3. The Morgan fingerprint density at radius 1 is 1.06 bits per heavy atom. The molecule has 0 fully saturated rings. The molecule has 0 saturated carbocycles. The molecule has 0 bridgehead atoms. The largest absolute Gasteiger partial charge is 0.487 e. The minimum atomic E-state index is -0.440. The molecular formula is C25H19ClI2N2O2. The lowest BCUT2D eigenvalue weighted by Gasteiger charge is -2.12. The summed E-state index contributed by atoms with van der Waals surface area (Å²) in [6, 6.07) is 20.9. The lowest BCUT2D eigenvalue weighted by atomic mass is 10.1. The Bertz CT molecular complexity index is 1160. The van der Waals surface area contributed by atoms with Crippen molar-refractivity contribution in [3.05, 3.63) is 95.1 Å². The molecule has 3 aromatic carbocycles. The van der Waals surface area contributed by atoms with Gasteiger partial charge >= 0.3 is 0 Å². The van der Waals surface area contributed by atoms with Crippen molar-refractivity contribution in [2.24, 2.45) is 0 Å². The van der Waals surface area contributed by atoms with Gasteiger partial charge in [0.15, 0.2) is 0 Å². The van der Waals surface area contributed by atoms with Crippen LogP contribution in [-0.4, -0.2) is 5.91 Å². The SMILES string of the molecule is CCc1ccc(NC(=O)/C(C#N)=C/c2cc(I)c(OCc3ccc(Cl)cc3)c(I)c2)cc1. The molecule has 7 heteroatoms. The van der Waals surface area contributed by atoms with E-state index in [0.29, 0.717) is 17.3 Å². The van der Waals surface area contributed by atoms with Crippen LogP contribution in [0.2, 0.25) is 5.02 Å². The number of ether oxygens (including phenoxy) is 1. The Morgan fingerprint density at radius 3 is 2.22 bits per heavy atom. The highest BCUT2D eigenvalue weighted by atomic mass is 127. The van der Waals surface area contributed by atoms with Crippen LogP contribution in [0.5, 0.6) is 5.75 Å². The van der Waals surface area contributed by atoms with Crippen LogP contribution in [0.3, 0.4) is 0 Å². The van der Waals surface area contributed by atoms with Crippen LogP contribution >= 0.6 is 56.8 Å². The molecule has 0 heterocycles. The minimum absolute atomic E-state index is 0.0333. The number of carbonyl (C=O) groups excluding carboxylic acids is 1. The van der Waals surface area contributed by atoms with E-state index in [1.807, 2.05) is 66.7 Å². The van der Waals surface area contributed by atoms with Gasteiger partial charge in [-0.05, 0) is 111 Å². The number of aryl methyl sites for hydroxylation is 1. The van der Waals surface area contributed by atoms with Crippen LogP contribution < -0.4 is 10.1 Å². The second-order valence-corrected chi connectivity index (χ2v) is 9.66. The van der Waals surface area contributed by atoms with Crippen molar-refractivity contribution in [1.29, 1.82) is 5.26 Å². The van der Waals surface area contributed by atoms with E-state index in [0.717, 1.165) is 30.4 Å². The third kappa shape index (κ3) is 6.70. The third-order valence-corrected chi connectivity index (χ3v) is 6.47. The molecule has 0 aliphatic rings. The van der Waals surface area contributed by atoms with Gasteiger partial charge in [0.25, 0.3) is 5.91 Å². The highest BCUT2D eigenvalue weighted by Gasteiger charge is 2.13. The summed E-state index contributed by atoms with van der Waals surface area (Å²) in [4.78, 5) is 12.6. The maximum atomic E-state index is 12.6. The predicted octanol–water partition coefficient (Wildman–Crippen LogP) is 7.24. The number of halogens is 3. The van der Waals surface area contributed by atoms with Gasteiger partial charge in [0, 0.05) is 10.7 Å². The smallest absolute Gasteiger partial charge is 0.266 e. The molecular weight excluding hydrogens is 650 g/mol. The number of amides is 1. The van der Waals surface area contributed by atoms with Gasteiger partial charge in [-0.25, -0.2) is 0 Å². The summed E-state index contributed by atoms with van der Waals surface area (Å²) in [5.41, 5.74) is 3.64. The Morgan fingerprint density at radius 2 is 1.66 bits per heavy atom. The molecule has 4 nitrogen and oxygen atoms in total. The number of nitrogens with one attached hydrogen (secondary N) is 1. The topological polar surface area (TPSA) is 62.1 Å². The molecule has 1 N–H and O–H groups in total. The van der Waals surface area contributed by atoms with E-state index in [4.69, 9.17) is 16.3 Å². The van der Waals surface area contributed by atoms with E-state index in [1.54, 1.807) is 6.08 Å². The number of carbonyl (C=O) groups is 1. The quantitative estimate of drug-likeness (QED) is 0.164. The molecule has 0 aliphatic heterocycles. The molecule has 1 amide bonds. The van der Waals surface area contributed by atoms with Crippen LogP contribution in [0.15, 0.2) is 66.2 Å². The van der Waals surface area contributed by atoms with Gasteiger partial charge in [0.05, 0.1) is 7.14 Å². The number of nitrogens with zero attached hydrogens (tertiary/aromatic N) is 1. The van der Waals surface area contributed by atoms with Crippen molar-refractivity contribution in [3.8, 4) is 11.8 Å². The molecule has 0 atom stereocenters. The van der Waals surface area contributed by atoms with Crippen LogP contribution in [0, 0.1) is 18.5 Å². The fourth-order valence-electron chi connectivity index (χ4n) is 2.87. The van der Waals surface area contributed by atoms with Crippen molar-refractivity contribution in [3.63, 3.8) is 0 Å². The van der Waals surface area contributed by atoms with E-state index in [1.165, 1.54) is 5.56 Å². The van der Waals surface area contributed by atoms with Gasteiger partial charge in [-0.2, -0.15) is 5.26 Å². The number of hydrogen-bond donors (Lipinski definition) is 1. The molecule has 3 rings (SSSR count). The first kappa shape index (κ1) is 24.6. The highest BCUT2D eigenvalue weighted by Crippen LogP contribution is 2.30. The van der Waals surface area contributed by atoms with E-state index in [-0.39, 0.29) is 5.57 Å². The predicted molar refractivity (Wildman–Crippen MR) is 146 cm³/mol. The van der Waals surface area contributed by atoms with E-state index < -0.39 is 5.91 Å². The lowest BCUT2D eigenvalue weighted by molar-refractivity contribution is -0.112. The summed E-state index contributed by atoms with van der Waals surface area (Å²) in [5, 5.41) is 13.0. The summed E-state index contributed by atoms with van der Waals surface area (Å²) in [6.45, 7) is 2.49. The maximum absolute atomic E-state index is 12.6. The number of anilines is 1. The van der Waals surface area contributed by atoms with E-state index in [9.17, 15) is 10.1 Å². The van der Waals surface area contributed by atoms with Crippen molar-refractivity contribution in [1.82, 2.24) is 0 Å². The lowest BCUT2D eigenvalue weighted by Crippen LogP contribution is -2.13. The molecule has 32 heavy (non-hydrogen) atoms. The zero-order valence-corrected chi connectivity index (χ0v) is 22.2. The van der Waals surface area contributed by atoms with Crippen molar-refractivity contribution < 1.29 is 9.53 Å². The van der Waals surface area contributed by atoms with Gasteiger partial charge in [0.1, 0.15) is 24.0 Å². The zero-order chi connectivity index (χ0) is 23.1. The molecule has 162 valence electrons. The van der Waals surface area contributed by atoms with Gasteiger partial charge in [-0.1, -0.05) is 42.8 Å². The summed E-state index contributed by atoms with van der Waals surface area (Å²) < 4.78 is 7.78. The maximum Gasteiger partial charge on any atom is 0.266 e. The minimum Gasteiger partial charge on any atom is -0.487 e. The Labute approximate surface area is 219 Å². The number of nitriles is 1. The fraction of sp³-hybridized carbons (Fsp3) is 0.120. The van der Waals surface area contributed by atoms with Crippen LogP contribution in [0.4, 0.5) is 5.69 Å². The molecule has 0 spiro atoms. The first-order chi connectivity index (χ1) is 15.4. The Kier molecular flexibility index (Phi) is 8.96. The Hall–Kier alpha value is -2.09. The Balaban J connectivity index is 1.74. The van der Waals surface area contributed by atoms with Gasteiger partial charge in [-0.3, -0.25) is 4.79 Å². The van der Waals surface area contributed by atoms with Gasteiger partial charge < -0.3 is 10.1 Å².